The van der Waals surface area contributed by atoms with Crippen LogP contribution < -0.4 is 10.6 Å². The number of unbranched alkanes of at least 4 members (excludes halogenated alkanes) is 1. The normalized spacial score (nSPS) is 22.1. The summed E-state index contributed by atoms with van der Waals surface area (Å²) >= 11 is 0. The summed E-state index contributed by atoms with van der Waals surface area (Å²) in [5, 5.41) is 7.13. The second-order valence-electron chi connectivity index (χ2n) is 6.10. The topological polar surface area (TPSA) is 36.5 Å². The zero-order valence-corrected chi connectivity index (χ0v) is 13.2. The molecule has 0 aromatic heterocycles. The van der Waals surface area contributed by atoms with E-state index in [9.17, 15) is 0 Å². The van der Waals surface area contributed by atoms with E-state index in [0.29, 0.717) is 18.1 Å². The summed E-state index contributed by atoms with van der Waals surface area (Å²) in [5.74, 6) is 0. The van der Waals surface area contributed by atoms with E-state index < -0.39 is 0 Å². The fourth-order valence-electron chi connectivity index (χ4n) is 2.37. The molecule has 19 heavy (non-hydrogen) atoms. The minimum Gasteiger partial charge on any atom is -0.379 e. The lowest BCUT2D eigenvalue weighted by Crippen LogP contribution is -2.45. The van der Waals surface area contributed by atoms with Gasteiger partial charge < -0.3 is 20.3 Å². The fraction of sp³-hybridized carbons (Fsp3) is 1.00. The van der Waals surface area contributed by atoms with Crippen molar-refractivity contribution < 1.29 is 4.74 Å². The van der Waals surface area contributed by atoms with Crippen molar-refractivity contribution in [3.05, 3.63) is 0 Å². The molecule has 0 amide bonds. The third-order valence-corrected chi connectivity index (χ3v) is 3.95. The van der Waals surface area contributed by atoms with Gasteiger partial charge in [0, 0.05) is 24.7 Å². The van der Waals surface area contributed by atoms with Crippen molar-refractivity contribution in [2.75, 3.05) is 39.9 Å². The highest BCUT2D eigenvalue weighted by Gasteiger charge is 2.15. The van der Waals surface area contributed by atoms with Gasteiger partial charge in [0.05, 0.1) is 13.2 Å². The summed E-state index contributed by atoms with van der Waals surface area (Å²) < 4.78 is 5.48. The van der Waals surface area contributed by atoms with Crippen molar-refractivity contribution in [3.63, 3.8) is 0 Å². The molecule has 2 atom stereocenters. The van der Waals surface area contributed by atoms with Gasteiger partial charge >= 0.3 is 0 Å². The largest absolute Gasteiger partial charge is 0.379 e. The van der Waals surface area contributed by atoms with Crippen LogP contribution in [0.4, 0.5) is 0 Å². The minimum atomic E-state index is 0.531. The van der Waals surface area contributed by atoms with Crippen LogP contribution in [-0.4, -0.2) is 62.9 Å². The molecule has 0 bridgehead atoms. The first kappa shape index (κ1) is 16.9. The molecule has 0 radical (unpaired) electrons. The van der Waals surface area contributed by atoms with E-state index in [1.54, 1.807) is 0 Å². The number of nitrogens with one attached hydrogen (secondary N) is 2. The van der Waals surface area contributed by atoms with Crippen LogP contribution in [0, 0.1) is 0 Å². The van der Waals surface area contributed by atoms with Crippen LogP contribution in [0.2, 0.25) is 0 Å². The van der Waals surface area contributed by atoms with Crippen LogP contribution in [0.3, 0.4) is 0 Å². The molecule has 1 saturated heterocycles. The molecule has 0 spiro atoms. The van der Waals surface area contributed by atoms with E-state index in [1.807, 2.05) is 0 Å². The second-order valence-corrected chi connectivity index (χ2v) is 6.10. The van der Waals surface area contributed by atoms with Crippen molar-refractivity contribution >= 4 is 0 Å². The average Bonchev–Trinajstić information content (AvgIpc) is 2.39. The highest BCUT2D eigenvalue weighted by atomic mass is 16.5. The van der Waals surface area contributed by atoms with Crippen LogP contribution >= 0.6 is 0 Å². The molecule has 0 aliphatic carbocycles. The summed E-state index contributed by atoms with van der Waals surface area (Å²) in [6, 6.07) is 1.76. The average molecular weight is 271 g/mol. The van der Waals surface area contributed by atoms with Crippen LogP contribution in [0.25, 0.3) is 0 Å². The summed E-state index contributed by atoms with van der Waals surface area (Å²) in [6.45, 7) is 11.8. The predicted octanol–water partition coefficient (Wildman–Crippen LogP) is 1.46. The van der Waals surface area contributed by atoms with Crippen molar-refractivity contribution in [3.8, 4) is 0 Å². The Labute approximate surface area is 119 Å². The second kappa shape index (κ2) is 9.70. The first-order valence-electron chi connectivity index (χ1n) is 7.84. The third kappa shape index (κ3) is 7.88. The Morgan fingerprint density at radius 3 is 2.74 bits per heavy atom. The molecule has 0 saturated carbocycles. The monoisotopic (exact) mass is 271 g/mol. The molecular weight excluding hydrogens is 238 g/mol. The highest BCUT2D eigenvalue weighted by molar-refractivity contribution is 4.75. The van der Waals surface area contributed by atoms with E-state index in [1.165, 1.54) is 19.4 Å². The molecule has 2 unspecified atom stereocenters. The number of nitrogens with zero attached hydrogens (tertiary/aromatic N) is 1. The van der Waals surface area contributed by atoms with Crippen molar-refractivity contribution in [2.45, 2.75) is 58.2 Å². The Bertz CT molecular complexity index is 217. The van der Waals surface area contributed by atoms with Gasteiger partial charge in [0.25, 0.3) is 0 Å². The summed E-state index contributed by atoms with van der Waals surface area (Å²) in [4.78, 5) is 2.41. The van der Waals surface area contributed by atoms with Crippen LogP contribution in [0.15, 0.2) is 0 Å². The molecule has 1 aliphatic heterocycles. The van der Waals surface area contributed by atoms with Crippen LogP contribution in [-0.2, 0) is 4.74 Å². The van der Waals surface area contributed by atoms with Gasteiger partial charge in [-0.15, -0.1) is 0 Å². The molecule has 1 rings (SSSR count). The van der Waals surface area contributed by atoms with Gasteiger partial charge in [0.15, 0.2) is 0 Å². The quantitative estimate of drug-likeness (QED) is 0.623. The Balaban J connectivity index is 1.96. The Morgan fingerprint density at radius 2 is 2.11 bits per heavy atom. The Hall–Kier alpha value is -0.160. The third-order valence-electron chi connectivity index (χ3n) is 3.95. The number of hydrogen-bond acceptors (Lipinski definition) is 4. The van der Waals surface area contributed by atoms with Crippen LogP contribution in [0.1, 0.15) is 40.0 Å². The summed E-state index contributed by atoms with van der Waals surface area (Å²) in [7, 11) is 2.20. The van der Waals surface area contributed by atoms with Crippen LogP contribution in [0.5, 0.6) is 0 Å². The number of hydrogen-bond donors (Lipinski definition) is 2. The fourth-order valence-corrected chi connectivity index (χ4v) is 2.37. The molecule has 4 nitrogen and oxygen atoms in total. The van der Waals surface area contributed by atoms with Crippen molar-refractivity contribution in [1.29, 1.82) is 0 Å². The molecule has 1 aliphatic rings. The number of ether oxygens (including phenoxy) is 1. The molecule has 1 fully saturated rings. The number of morpholine rings is 1. The van der Waals surface area contributed by atoms with E-state index >= 15 is 0 Å². The SMILES string of the molecule is CC(CC1COCCN1)NCCCCN(C)C(C)C. The van der Waals surface area contributed by atoms with Crippen molar-refractivity contribution in [2.24, 2.45) is 0 Å². The van der Waals surface area contributed by atoms with Gasteiger partial charge in [-0.1, -0.05) is 0 Å². The molecule has 114 valence electrons. The van der Waals surface area contributed by atoms with Gasteiger partial charge in [-0.25, -0.2) is 0 Å². The molecule has 1 heterocycles. The maximum Gasteiger partial charge on any atom is 0.0620 e. The maximum absolute atomic E-state index is 5.48. The van der Waals surface area contributed by atoms with E-state index in [2.05, 4.69) is 43.4 Å². The van der Waals surface area contributed by atoms with E-state index in [0.717, 1.165) is 32.7 Å². The first-order chi connectivity index (χ1) is 9.09. The maximum atomic E-state index is 5.48. The lowest BCUT2D eigenvalue weighted by atomic mass is 10.1. The first-order valence-corrected chi connectivity index (χ1v) is 7.84. The van der Waals surface area contributed by atoms with E-state index in [4.69, 9.17) is 4.74 Å². The Kier molecular flexibility index (Phi) is 8.62. The zero-order chi connectivity index (χ0) is 14.1. The lowest BCUT2D eigenvalue weighted by molar-refractivity contribution is 0.0712. The predicted molar refractivity (Wildman–Crippen MR) is 81.7 cm³/mol. The molecule has 0 aromatic carbocycles. The molecular formula is C15H33N3O. The van der Waals surface area contributed by atoms with Gasteiger partial charge in [0.1, 0.15) is 0 Å². The van der Waals surface area contributed by atoms with E-state index in [-0.39, 0.29) is 0 Å². The van der Waals surface area contributed by atoms with Gasteiger partial charge in [0.2, 0.25) is 0 Å². The summed E-state index contributed by atoms with van der Waals surface area (Å²) in [6.07, 6.45) is 3.70. The summed E-state index contributed by atoms with van der Waals surface area (Å²) in [5.41, 5.74) is 0. The lowest BCUT2D eigenvalue weighted by Gasteiger charge is -2.27. The van der Waals surface area contributed by atoms with Gasteiger partial charge in [-0.05, 0) is 60.2 Å². The molecule has 0 aromatic rings. The minimum absolute atomic E-state index is 0.531. The van der Waals surface area contributed by atoms with Crippen molar-refractivity contribution in [1.82, 2.24) is 15.5 Å². The van der Waals surface area contributed by atoms with Gasteiger partial charge in [-0.3, -0.25) is 0 Å². The standard InChI is InChI=1S/C15H33N3O/c1-13(2)18(4)9-6-5-7-16-14(3)11-15-12-19-10-8-17-15/h13-17H,5-12H2,1-4H3. The number of rotatable bonds is 9. The highest BCUT2D eigenvalue weighted by Crippen LogP contribution is 2.03. The molecule has 4 heteroatoms. The smallest absolute Gasteiger partial charge is 0.0620 e. The Morgan fingerprint density at radius 1 is 1.32 bits per heavy atom. The zero-order valence-electron chi connectivity index (χ0n) is 13.2. The van der Waals surface area contributed by atoms with Gasteiger partial charge in [-0.2, -0.15) is 0 Å². The molecule has 2 N–H and O–H groups in total.